The lowest BCUT2D eigenvalue weighted by molar-refractivity contribution is -0.384. The number of urea groups is 1. The molecule has 1 aliphatic rings. The summed E-state index contributed by atoms with van der Waals surface area (Å²) in [4.78, 5) is 36.4. The topological polar surface area (TPSA) is 102 Å². The van der Waals surface area contributed by atoms with Crippen LogP contribution >= 0.6 is 0 Å². The third-order valence-corrected chi connectivity index (χ3v) is 4.55. The van der Waals surface area contributed by atoms with Gasteiger partial charge in [-0.2, -0.15) is 0 Å². The molecule has 1 fully saturated rings. The highest BCUT2D eigenvalue weighted by Gasteiger charge is 2.50. The highest BCUT2D eigenvalue weighted by atomic mass is 19.1. The van der Waals surface area contributed by atoms with Crippen molar-refractivity contribution < 1.29 is 28.0 Å². The van der Waals surface area contributed by atoms with Gasteiger partial charge in [-0.15, -0.1) is 0 Å². The molecule has 0 spiro atoms. The molecule has 1 aliphatic heterocycles. The largest absolute Gasteiger partial charge is 0.496 e. The maximum absolute atomic E-state index is 14.2. The van der Waals surface area contributed by atoms with E-state index >= 15 is 0 Å². The summed E-state index contributed by atoms with van der Waals surface area (Å²) in [5.74, 6) is -2.21. The molecule has 3 amide bonds. The number of benzene rings is 2. The Morgan fingerprint density at radius 3 is 2.57 bits per heavy atom. The second-order valence-electron chi connectivity index (χ2n) is 6.32. The lowest BCUT2D eigenvalue weighted by Crippen LogP contribution is -2.41. The summed E-state index contributed by atoms with van der Waals surface area (Å²) >= 11 is 0. The lowest BCUT2D eigenvalue weighted by Gasteiger charge is -2.23. The monoisotopic (exact) mass is 391 g/mol. The van der Waals surface area contributed by atoms with Gasteiger partial charge in [-0.05, 0) is 31.2 Å². The van der Waals surface area contributed by atoms with Crippen LogP contribution in [-0.2, 0) is 16.9 Å². The molecule has 1 N–H and O–H groups in total. The Hall–Kier alpha value is -3.56. The second kappa shape index (κ2) is 6.87. The van der Waals surface area contributed by atoms with Gasteiger partial charge in [-0.3, -0.25) is 19.8 Å². The molecule has 2 aromatic carbocycles. The SMILES string of the molecule is COc1ccc([N+](=O)[O-])cc1CN1C(=O)NC(C)(c2cc(F)ccc2F)C1=O. The molecule has 10 heteroatoms. The highest BCUT2D eigenvalue weighted by molar-refractivity contribution is 6.07. The summed E-state index contributed by atoms with van der Waals surface area (Å²) in [7, 11) is 1.34. The van der Waals surface area contributed by atoms with E-state index in [9.17, 15) is 28.5 Å². The standard InChI is InChI=1S/C18H15F2N3O5/c1-18(13-8-11(19)3-5-14(13)20)16(24)22(17(25)21-18)9-10-7-12(23(26)27)4-6-15(10)28-2/h3-8H,9H2,1-2H3,(H,21,25). The average molecular weight is 391 g/mol. The molecule has 0 aliphatic carbocycles. The Bertz CT molecular complexity index is 997. The van der Waals surface area contributed by atoms with Crippen molar-refractivity contribution >= 4 is 17.6 Å². The predicted molar refractivity (Wildman–Crippen MR) is 92.4 cm³/mol. The van der Waals surface area contributed by atoms with Gasteiger partial charge in [0, 0.05) is 23.3 Å². The molecule has 1 heterocycles. The fourth-order valence-corrected chi connectivity index (χ4v) is 3.08. The van der Waals surface area contributed by atoms with Crippen LogP contribution in [-0.4, -0.2) is 28.9 Å². The van der Waals surface area contributed by atoms with E-state index in [2.05, 4.69) is 5.32 Å². The number of non-ortho nitro benzene ring substituents is 1. The van der Waals surface area contributed by atoms with E-state index in [0.29, 0.717) is 0 Å². The van der Waals surface area contributed by atoms with Crippen LogP contribution in [0.4, 0.5) is 19.3 Å². The van der Waals surface area contributed by atoms with Crippen molar-refractivity contribution in [3.8, 4) is 5.75 Å². The van der Waals surface area contributed by atoms with Crippen LogP contribution in [0.3, 0.4) is 0 Å². The number of ether oxygens (including phenoxy) is 1. The van der Waals surface area contributed by atoms with Gasteiger partial charge in [0.25, 0.3) is 11.6 Å². The van der Waals surface area contributed by atoms with Gasteiger partial charge in [0.2, 0.25) is 0 Å². The van der Waals surface area contributed by atoms with E-state index in [4.69, 9.17) is 4.74 Å². The molecule has 2 aromatic rings. The van der Waals surface area contributed by atoms with Crippen molar-refractivity contribution in [1.29, 1.82) is 0 Å². The number of carbonyl (C=O) groups excluding carboxylic acids is 2. The fraction of sp³-hybridized carbons (Fsp3) is 0.222. The number of nitro groups is 1. The van der Waals surface area contributed by atoms with Gasteiger partial charge in [-0.25, -0.2) is 13.6 Å². The Morgan fingerprint density at radius 2 is 1.93 bits per heavy atom. The maximum atomic E-state index is 14.2. The van der Waals surface area contributed by atoms with Crippen molar-refractivity contribution in [2.45, 2.75) is 19.0 Å². The maximum Gasteiger partial charge on any atom is 0.325 e. The van der Waals surface area contributed by atoms with E-state index in [-0.39, 0.29) is 29.1 Å². The Kier molecular flexibility index (Phi) is 4.72. The number of amides is 3. The molecule has 1 saturated heterocycles. The molecule has 0 aromatic heterocycles. The summed E-state index contributed by atoms with van der Waals surface area (Å²) in [5.41, 5.74) is -2.18. The number of nitrogens with zero attached hydrogens (tertiary/aromatic N) is 2. The minimum atomic E-state index is -1.82. The van der Waals surface area contributed by atoms with E-state index in [1.807, 2.05) is 0 Å². The van der Waals surface area contributed by atoms with Crippen LogP contribution in [0.15, 0.2) is 36.4 Å². The van der Waals surface area contributed by atoms with Crippen molar-refractivity contribution in [3.05, 3.63) is 69.3 Å². The van der Waals surface area contributed by atoms with Crippen LogP contribution in [0.2, 0.25) is 0 Å². The van der Waals surface area contributed by atoms with Gasteiger partial charge in [-0.1, -0.05) is 0 Å². The normalized spacial score (nSPS) is 18.9. The zero-order valence-electron chi connectivity index (χ0n) is 14.9. The van der Waals surface area contributed by atoms with E-state index in [1.54, 1.807) is 0 Å². The molecular weight excluding hydrogens is 376 g/mol. The van der Waals surface area contributed by atoms with Crippen LogP contribution in [0.1, 0.15) is 18.1 Å². The molecule has 8 nitrogen and oxygen atoms in total. The van der Waals surface area contributed by atoms with Crippen molar-refractivity contribution in [1.82, 2.24) is 10.2 Å². The first kappa shape index (κ1) is 19.2. The van der Waals surface area contributed by atoms with E-state index in [1.165, 1.54) is 32.2 Å². The van der Waals surface area contributed by atoms with Gasteiger partial charge in [0.15, 0.2) is 0 Å². The number of carbonyl (C=O) groups is 2. The summed E-state index contributed by atoms with van der Waals surface area (Å²) in [6.45, 7) is 0.914. The van der Waals surface area contributed by atoms with E-state index < -0.39 is 34.0 Å². The molecule has 3 rings (SSSR count). The van der Waals surface area contributed by atoms with Crippen LogP contribution in [0.5, 0.6) is 5.75 Å². The first-order valence-electron chi connectivity index (χ1n) is 8.08. The fourth-order valence-electron chi connectivity index (χ4n) is 3.08. The average Bonchev–Trinajstić information content (AvgIpc) is 2.87. The summed E-state index contributed by atoms with van der Waals surface area (Å²) < 4.78 is 32.9. The first-order valence-corrected chi connectivity index (χ1v) is 8.08. The van der Waals surface area contributed by atoms with Gasteiger partial charge >= 0.3 is 6.03 Å². The third-order valence-electron chi connectivity index (χ3n) is 4.55. The quantitative estimate of drug-likeness (QED) is 0.480. The number of hydrogen-bond donors (Lipinski definition) is 1. The number of methoxy groups -OCH3 is 1. The minimum Gasteiger partial charge on any atom is -0.496 e. The zero-order valence-corrected chi connectivity index (χ0v) is 14.9. The molecule has 1 atom stereocenters. The Labute approximate surface area is 157 Å². The number of nitro benzene ring substituents is 1. The van der Waals surface area contributed by atoms with E-state index in [0.717, 1.165) is 23.1 Å². The molecule has 28 heavy (non-hydrogen) atoms. The molecule has 146 valence electrons. The molecule has 0 radical (unpaired) electrons. The molecular formula is C18H15F2N3O5. The zero-order chi connectivity index (χ0) is 20.6. The number of halogens is 2. The van der Waals surface area contributed by atoms with Gasteiger partial charge in [0.05, 0.1) is 18.6 Å². The molecule has 0 saturated carbocycles. The van der Waals surface area contributed by atoms with Crippen molar-refractivity contribution in [2.75, 3.05) is 7.11 Å². The predicted octanol–water partition coefficient (Wildman–Crippen LogP) is 2.85. The van der Waals surface area contributed by atoms with Crippen LogP contribution in [0, 0.1) is 21.7 Å². The van der Waals surface area contributed by atoms with Crippen LogP contribution < -0.4 is 10.1 Å². The Morgan fingerprint density at radius 1 is 1.21 bits per heavy atom. The van der Waals surface area contributed by atoms with Crippen molar-refractivity contribution in [3.63, 3.8) is 0 Å². The summed E-state index contributed by atoms with van der Waals surface area (Å²) in [6.07, 6.45) is 0. The van der Waals surface area contributed by atoms with Crippen LogP contribution in [0.25, 0.3) is 0 Å². The minimum absolute atomic E-state index is 0.212. The first-order chi connectivity index (χ1) is 13.2. The third kappa shape index (κ3) is 3.13. The number of nitrogens with one attached hydrogen (secondary N) is 1. The number of rotatable bonds is 5. The summed E-state index contributed by atoms with van der Waals surface area (Å²) in [5, 5.41) is 13.4. The summed E-state index contributed by atoms with van der Waals surface area (Å²) in [6, 6.07) is 5.50. The smallest absolute Gasteiger partial charge is 0.325 e. The highest BCUT2D eigenvalue weighted by Crippen LogP contribution is 2.33. The lowest BCUT2D eigenvalue weighted by atomic mass is 9.91. The van der Waals surface area contributed by atoms with Gasteiger partial charge < -0.3 is 10.1 Å². The number of hydrogen-bond acceptors (Lipinski definition) is 5. The van der Waals surface area contributed by atoms with Gasteiger partial charge in [0.1, 0.15) is 22.9 Å². The number of imide groups is 1. The molecule has 1 unspecified atom stereocenters. The second-order valence-corrected chi connectivity index (χ2v) is 6.32. The van der Waals surface area contributed by atoms with Crippen molar-refractivity contribution in [2.24, 2.45) is 0 Å². The molecule has 0 bridgehead atoms. The Balaban J connectivity index is 1.98.